The number of carboxylic acids is 1. The van der Waals surface area contributed by atoms with Gasteiger partial charge in [-0.05, 0) is 74.7 Å². The zero-order chi connectivity index (χ0) is 20.6. The van der Waals surface area contributed by atoms with E-state index < -0.39 is 11.9 Å². The molecule has 1 heterocycles. The maximum absolute atomic E-state index is 12.9. The average molecular weight is 510 g/mol. The van der Waals surface area contributed by atoms with E-state index in [1.807, 2.05) is 0 Å². The van der Waals surface area contributed by atoms with Gasteiger partial charge in [0.25, 0.3) is 5.91 Å². The van der Waals surface area contributed by atoms with E-state index in [2.05, 4.69) is 37.0 Å². The Labute approximate surface area is 177 Å². The van der Waals surface area contributed by atoms with E-state index >= 15 is 0 Å². The number of hydrogen-bond acceptors (Lipinski definition) is 5. The second-order valence-corrected chi connectivity index (χ2v) is 7.45. The third-order valence-electron chi connectivity index (χ3n) is 4.09. The molecule has 2 aromatic carbocycles. The minimum atomic E-state index is -1.09. The topological polar surface area (TPSA) is 99.4 Å². The van der Waals surface area contributed by atoms with Gasteiger partial charge in [0.1, 0.15) is 0 Å². The van der Waals surface area contributed by atoms with Gasteiger partial charge in [0, 0.05) is 4.47 Å². The fourth-order valence-corrected chi connectivity index (χ4v) is 3.50. The van der Waals surface area contributed by atoms with Gasteiger partial charge in [0.05, 0.1) is 34.1 Å². The van der Waals surface area contributed by atoms with Crippen LogP contribution in [0.2, 0.25) is 0 Å². The lowest BCUT2D eigenvalue weighted by Crippen LogP contribution is -2.21. The Balaban J connectivity index is 2.03. The minimum Gasteiger partial charge on any atom is -0.503 e. The number of hydrazone groups is 1. The Morgan fingerprint density at radius 1 is 1.25 bits per heavy atom. The van der Waals surface area contributed by atoms with E-state index in [1.165, 1.54) is 19.2 Å². The van der Waals surface area contributed by atoms with Gasteiger partial charge in [0.15, 0.2) is 11.5 Å². The zero-order valence-electron chi connectivity index (χ0n) is 14.7. The van der Waals surface area contributed by atoms with Crippen LogP contribution in [0.25, 0.3) is 6.08 Å². The Kier molecular flexibility index (Phi) is 5.57. The summed E-state index contributed by atoms with van der Waals surface area (Å²) in [6, 6.07) is 7.58. The normalized spacial score (nSPS) is 15.1. The number of ether oxygens (including phenoxy) is 1. The number of rotatable bonds is 4. The lowest BCUT2D eigenvalue weighted by Gasteiger charge is -2.13. The van der Waals surface area contributed by atoms with Gasteiger partial charge in [-0.1, -0.05) is 6.07 Å². The molecule has 28 heavy (non-hydrogen) atoms. The van der Waals surface area contributed by atoms with E-state index in [0.717, 1.165) is 5.01 Å². The van der Waals surface area contributed by atoms with E-state index in [9.17, 15) is 14.7 Å². The van der Waals surface area contributed by atoms with Crippen molar-refractivity contribution in [1.82, 2.24) is 0 Å². The molecular weight excluding hydrogens is 496 g/mol. The molecule has 0 unspecified atom stereocenters. The van der Waals surface area contributed by atoms with Crippen molar-refractivity contribution in [1.29, 1.82) is 0 Å². The molecule has 7 nitrogen and oxygen atoms in total. The molecule has 0 aliphatic carbocycles. The molecule has 2 aromatic rings. The van der Waals surface area contributed by atoms with E-state index in [-0.39, 0.29) is 17.1 Å². The fourth-order valence-electron chi connectivity index (χ4n) is 2.66. The number of hydrogen-bond donors (Lipinski definition) is 2. The summed E-state index contributed by atoms with van der Waals surface area (Å²) >= 11 is 6.67. The standard InChI is InChI=1S/C19H14Br2N2O5/c1-9-13(7-11-8-14(28-2)17(24)16(21)15(11)20)18(25)23(22-9)12-5-3-4-10(6-12)19(26)27/h3-8,24H,1-2H3,(H,26,27). The number of anilines is 1. The second kappa shape index (κ2) is 7.76. The molecule has 1 amide bonds. The number of phenols is 1. The Morgan fingerprint density at radius 3 is 2.61 bits per heavy atom. The summed E-state index contributed by atoms with van der Waals surface area (Å²) in [5.74, 6) is -1.30. The summed E-state index contributed by atoms with van der Waals surface area (Å²) in [6.45, 7) is 1.69. The van der Waals surface area contributed by atoms with Crippen molar-refractivity contribution < 1.29 is 24.5 Å². The summed E-state index contributed by atoms with van der Waals surface area (Å²) < 4.78 is 6.09. The number of benzene rings is 2. The number of carbonyl (C=O) groups is 2. The molecule has 0 bridgehead atoms. The molecule has 0 atom stereocenters. The lowest BCUT2D eigenvalue weighted by atomic mass is 10.1. The zero-order valence-corrected chi connectivity index (χ0v) is 17.9. The van der Waals surface area contributed by atoms with Crippen LogP contribution in [-0.2, 0) is 4.79 Å². The van der Waals surface area contributed by atoms with Crippen LogP contribution in [-0.4, -0.2) is 34.9 Å². The fraction of sp³-hybridized carbons (Fsp3) is 0.105. The molecular formula is C19H14Br2N2O5. The average Bonchev–Trinajstić information content (AvgIpc) is 2.96. The molecule has 9 heteroatoms. The second-order valence-electron chi connectivity index (χ2n) is 5.86. The van der Waals surface area contributed by atoms with Gasteiger partial charge in [-0.3, -0.25) is 4.79 Å². The maximum atomic E-state index is 12.9. The Morgan fingerprint density at radius 2 is 1.96 bits per heavy atom. The number of halogens is 2. The van der Waals surface area contributed by atoms with Crippen molar-refractivity contribution in [2.45, 2.75) is 6.92 Å². The van der Waals surface area contributed by atoms with Gasteiger partial charge in [-0.25, -0.2) is 4.79 Å². The Hall–Kier alpha value is -2.65. The van der Waals surface area contributed by atoms with Crippen LogP contribution in [0.3, 0.4) is 0 Å². The number of nitrogens with zero attached hydrogens (tertiary/aromatic N) is 2. The van der Waals surface area contributed by atoms with Gasteiger partial charge in [-0.15, -0.1) is 0 Å². The van der Waals surface area contributed by atoms with Gasteiger partial charge >= 0.3 is 5.97 Å². The number of carboxylic acid groups (broad SMARTS) is 1. The highest BCUT2D eigenvalue weighted by atomic mass is 79.9. The van der Waals surface area contributed by atoms with Crippen molar-refractivity contribution in [2.75, 3.05) is 12.1 Å². The quantitative estimate of drug-likeness (QED) is 0.594. The molecule has 0 spiro atoms. The first-order valence-corrected chi connectivity index (χ1v) is 9.53. The van der Waals surface area contributed by atoms with Crippen molar-refractivity contribution in [3.05, 3.63) is 56.0 Å². The van der Waals surface area contributed by atoms with Crippen molar-refractivity contribution in [3.63, 3.8) is 0 Å². The van der Waals surface area contributed by atoms with Gasteiger partial charge in [-0.2, -0.15) is 10.1 Å². The largest absolute Gasteiger partial charge is 0.503 e. The number of amides is 1. The van der Waals surface area contributed by atoms with E-state index in [1.54, 1.807) is 31.2 Å². The molecule has 0 fully saturated rings. The molecule has 2 N–H and O–H groups in total. The van der Waals surface area contributed by atoms with Crippen LogP contribution in [0.5, 0.6) is 11.5 Å². The Bertz CT molecular complexity index is 1060. The first-order valence-electron chi connectivity index (χ1n) is 7.94. The van der Waals surface area contributed by atoms with Crippen LogP contribution < -0.4 is 9.75 Å². The van der Waals surface area contributed by atoms with Crippen LogP contribution >= 0.6 is 31.9 Å². The number of aromatic carboxylic acids is 1. The van der Waals surface area contributed by atoms with Crippen molar-refractivity contribution in [3.8, 4) is 11.5 Å². The number of aromatic hydroxyl groups is 1. The monoisotopic (exact) mass is 508 g/mol. The van der Waals surface area contributed by atoms with Crippen LogP contribution in [0.4, 0.5) is 5.69 Å². The lowest BCUT2D eigenvalue weighted by molar-refractivity contribution is -0.114. The highest BCUT2D eigenvalue weighted by molar-refractivity contribution is 9.13. The third-order valence-corrected chi connectivity index (χ3v) is 6.25. The van der Waals surface area contributed by atoms with Crippen molar-refractivity contribution >= 4 is 61.2 Å². The molecule has 1 aliphatic heterocycles. The molecule has 3 rings (SSSR count). The molecule has 0 saturated carbocycles. The molecule has 1 aliphatic rings. The van der Waals surface area contributed by atoms with E-state index in [0.29, 0.717) is 31.5 Å². The van der Waals surface area contributed by atoms with Crippen LogP contribution in [0.15, 0.2) is 50.0 Å². The molecule has 0 aromatic heterocycles. The number of phenolic OH excluding ortho intramolecular Hbond substituents is 1. The first kappa shape index (κ1) is 20.1. The summed E-state index contributed by atoms with van der Waals surface area (Å²) in [7, 11) is 1.43. The number of methoxy groups -OCH3 is 1. The van der Waals surface area contributed by atoms with Crippen molar-refractivity contribution in [2.24, 2.45) is 5.10 Å². The predicted octanol–water partition coefficient (Wildman–Crippen LogP) is 4.43. The first-order chi connectivity index (χ1) is 13.2. The number of carbonyl (C=O) groups excluding carboxylic acids is 1. The summed E-state index contributed by atoms with van der Waals surface area (Å²) in [5, 5.41) is 24.6. The van der Waals surface area contributed by atoms with E-state index in [4.69, 9.17) is 9.84 Å². The van der Waals surface area contributed by atoms with Gasteiger partial charge < -0.3 is 14.9 Å². The van der Waals surface area contributed by atoms with Gasteiger partial charge in [0.2, 0.25) is 0 Å². The maximum Gasteiger partial charge on any atom is 0.335 e. The third kappa shape index (κ3) is 3.55. The molecule has 0 radical (unpaired) electrons. The van der Waals surface area contributed by atoms with Crippen LogP contribution in [0, 0.1) is 0 Å². The van der Waals surface area contributed by atoms with Crippen LogP contribution in [0.1, 0.15) is 22.8 Å². The summed E-state index contributed by atoms with van der Waals surface area (Å²) in [5.41, 5.74) is 1.82. The molecule has 0 saturated heterocycles. The highest BCUT2D eigenvalue weighted by Gasteiger charge is 2.29. The molecule has 144 valence electrons. The smallest absolute Gasteiger partial charge is 0.335 e. The summed E-state index contributed by atoms with van der Waals surface area (Å²) in [4.78, 5) is 24.1. The summed E-state index contributed by atoms with van der Waals surface area (Å²) in [6.07, 6.45) is 1.62. The predicted molar refractivity (Wildman–Crippen MR) is 112 cm³/mol. The highest BCUT2D eigenvalue weighted by Crippen LogP contribution is 2.42. The SMILES string of the molecule is COc1cc(C=C2C(=O)N(c3cccc(C(=O)O)c3)N=C2C)c(Br)c(Br)c1O. The minimum absolute atomic E-state index is 0.0607.